The van der Waals surface area contributed by atoms with Crippen molar-refractivity contribution in [3.8, 4) is 17.2 Å². The zero-order valence-corrected chi connectivity index (χ0v) is 18.1. The molecule has 1 fully saturated rings. The Morgan fingerprint density at radius 2 is 1.94 bits per heavy atom. The summed E-state index contributed by atoms with van der Waals surface area (Å²) in [5.74, 6) is 0.967. The fourth-order valence-corrected chi connectivity index (χ4v) is 4.38. The zero-order valence-electron chi connectivity index (χ0n) is 18.1. The first-order valence-electron chi connectivity index (χ1n) is 10.9. The number of ether oxygens (including phenoxy) is 2. The molecular weight excluding hydrogens is 451 g/mol. The molecule has 1 amide bonds. The lowest BCUT2D eigenvalue weighted by Gasteiger charge is -2.26. The minimum absolute atomic E-state index is 0.00197. The SMILES string of the molecule is O=C(CN1CCC[C@@H]1c1ccc2c(c1)OCCO2)Nc1cc(C(F)(F)F)ccc1-n1cncn1. The number of anilines is 1. The molecule has 11 heteroatoms. The second-order valence-corrected chi connectivity index (χ2v) is 8.15. The lowest BCUT2D eigenvalue weighted by Crippen LogP contribution is -2.33. The number of likely N-dealkylation sites (tertiary alicyclic amines) is 1. The van der Waals surface area contributed by atoms with Crippen LogP contribution in [0.15, 0.2) is 49.1 Å². The average Bonchev–Trinajstić information content (AvgIpc) is 3.50. The van der Waals surface area contributed by atoms with Crippen LogP contribution < -0.4 is 14.8 Å². The van der Waals surface area contributed by atoms with Gasteiger partial charge in [0.05, 0.1) is 23.5 Å². The molecule has 178 valence electrons. The van der Waals surface area contributed by atoms with E-state index in [4.69, 9.17) is 9.47 Å². The van der Waals surface area contributed by atoms with Gasteiger partial charge in [0.2, 0.25) is 5.91 Å². The Hall–Kier alpha value is -3.60. The maximum absolute atomic E-state index is 13.3. The summed E-state index contributed by atoms with van der Waals surface area (Å²) in [6, 6.07) is 8.89. The summed E-state index contributed by atoms with van der Waals surface area (Å²) in [5.41, 5.74) is 0.461. The third kappa shape index (κ3) is 4.56. The van der Waals surface area contributed by atoms with Crippen molar-refractivity contribution in [3.05, 3.63) is 60.2 Å². The van der Waals surface area contributed by atoms with Crippen LogP contribution >= 0.6 is 0 Å². The molecule has 1 saturated heterocycles. The maximum Gasteiger partial charge on any atom is 0.416 e. The Morgan fingerprint density at radius 3 is 2.71 bits per heavy atom. The van der Waals surface area contributed by atoms with Crippen LogP contribution in [0.1, 0.15) is 30.0 Å². The quantitative estimate of drug-likeness (QED) is 0.607. The number of carbonyl (C=O) groups excluding carboxylic acids is 1. The molecule has 2 aliphatic heterocycles. The van der Waals surface area contributed by atoms with Crippen LogP contribution in [0.4, 0.5) is 18.9 Å². The van der Waals surface area contributed by atoms with Crippen LogP contribution in [-0.2, 0) is 11.0 Å². The summed E-state index contributed by atoms with van der Waals surface area (Å²) in [7, 11) is 0. The Bertz CT molecular complexity index is 1180. The fourth-order valence-electron chi connectivity index (χ4n) is 4.38. The highest BCUT2D eigenvalue weighted by molar-refractivity contribution is 5.94. The van der Waals surface area contributed by atoms with E-state index in [2.05, 4.69) is 15.4 Å². The number of nitrogens with one attached hydrogen (secondary N) is 1. The van der Waals surface area contributed by atoms with Gasteiger partial charge in [-0.25, -0.2) is 9.67 Å². The molecule has 2 aliphatic rings. The monoisotopic (exact) mass is 473 g/mol. The molecule has 0 spiro atoms. The zero-order chi connectivity index (χ0) is 23.7. The molecule has 0 unspecified atom stereocenters. The van der Waals surface area contributed by atoms with Crippen LogP contribution in [0.3, 0.4) is 0 Å². The van der Waals surface area contributed by atoms with Crippen molar-refractivity contribution in [2.24, 2.45) is 0 Å². The van der Waals surface area contributed by atoms with E-state index in [9.17, 15) is 18.0 Å². The Kier molecular flexibility index (Phi) is 5.86. The summed E-state index contributed by atoms with van der Waals surface area (Å²) >= 11 is 0. The molecule has 0 radical (unpaired) electrons. The Morgan fingerprint density at radius 1 is 1.12 bits per heavy atom. The van der Waals surface area contributed by atoms with Gasteiger partial charge in [-0.15, -0.1) is 0 Å². The van der Waals surface area contributed by atoms with Gasteiger partial charge in [-0.2, -0.15) is 18.3 Å². The van der Waals surface area contributed by atoms with Gasteiger partial charge in [-0.1, -0.05) is 6.07 Å². The molecule has 0 aliphatic carbocycles. The first-order chi connectivity index (χ1) is 16.4. The molecule has 1 aromatic heterocycles. The Balaban J connectivity index is 1.34. The van der Waals surface area contributed by atoms with Gasteiger partial charge in [0.25, 0.3) is 0 Å². The third-order valence-electron chi connectivity index (χ3n) is 5.92. The second kappa shape index (κ2) is 8.98. The van der Waals surface area contributed by atoms with Crippen LogP contribution in [0, 0.1) is 0 Å². The van der Waals surface area contributed by atoms with Gasteiger partial charge in [0.15, 0.2) is 11.5 Å². The molecule has 0 saturated carbocycles. The van der Waals surface area contributed by atoms with E-state index in [0.29, 0.717) is 36.9 Å². The maximum atomic E-state index is 13.3. The first kappa shape index (κ1) is 22.2. The van der Waals surface area contributed by atoms with E-state index in [0.717, 1.165) is 30.5 Å². The van der Waals surface area contributed by atoms with Crippen molar-refractivity contribution < 1.29 is 27.4 Å². The summed E-state index contributed by atoms with van der Waals surface area (Å²) in [6.07, 6.45) is -0.151. The molecule has 3 heterocycles. The third-order valence-corrected chi connectivity index (χ3v) is 5.92. The van der Waals surface area contributed by atoms with Crippen molar-refractivity contribution in [1.82, 2.24) is 19.7 Å². The second-order valence-electron chi connectivity index (χ2n) is 8.15. The van der Waals surface area contributed by atoms with Gasteiger partial charge in [-0.3, -0.25) is 9.69 Å². The molecule has 34 heavy (non-hydrogen) atoms. The van der Waals surface area contributed by atoms with Crippen LogP contribution in [-0.4, -0.2) is 51.9 Å². The summed E-state index contributed by atoms with van der Waals surface area (Å²) in [4.78, 5) is 18.8. The van der Waals surface area contributed by atoms with Crippen molar-refractivity contribution in [2.75, 3.05) is 31.6 Å². The van der Waals surface area contributed by atoms with E-state index >= 15 is 0 Å². The number of halogens is 3. The molecule has 3 aromatic rings. The van der Waals surface area contributed by atoms with Gasteiger partial charge in [0, 0.05) is 6.04 Å². The average molecular weight is 473 g/mol. The van der Waals surface area contributed by atoms with E-state index < -0.39 is 17.6 Å². The van der Waals surface area contributed by atoms with Crippen molar-refractivity contribution >= 4 is 11.6 Å². The number of alkyl halides is 3. The predicted molar refractivity (Wildman–Crippen MR) is 116 cm³/mol. The fraction of sp³-hybridized carbons (Fsp3) is 0.348. The smallest absolute Gasteiger partial charge is 0.416 e. The topological polar surface area (TPSA) is 81.5 Å². The van der Waals surface area contributed by atoms with Gasteiger partial charge in [-0.05, 0) is 55.3 Å². The first-order valence-corrected chi connectivity index (χ1v) is 10.9. The molecule has 0 bridgehead atoms. The highest BCUT2D eigenvalue weighted by Crippen LogP contribution is 2.38. The highest BCUT2D eigenvalue weighted by atomic mass is 19.4. The number of hydrogen-bond acceptors (Lipinski definition) is 6. The number of rotatable bonds is 5. The number of aromatic nitrogens is 3. The predicted octanol–water partition coefficient (Wildman–Crippen LogP) is 3.83. The summed E-state index contributed by atoms with van der Waals surface area (Å²) in [5, 5.41) is 6.62. The van der Waals surface area contributed by atoms with E-state index in [1.54, 1.807) is 0 Å². The number of fused-ring (bicyclic) bond motifs is 1. The molecule has 8 nitrogen and oxygen atoms in total. The van der Waals surface area contributed by atoms with Gasteiger partial charge in [0.1, 0.15) is 25.9 Å². The van der Waals surface area contributed by atoms with E-state index in [1.807, 2.05) is 23.1 Å². The summed E-state index contributed by atoms with van der Waals surface area (Å²) in [6.45, 7) is 1.73. The van der Waals surface area contributed by atoms with E-state index in [-0.39, 0.29) is 18.3 Å². The largest absolute Gasteiger partial charge is 0.486 e. The number of amides is 1. The van der Waals surface area contributed by atoms with Crippen molar-refractivity contribution in [1.29, 1.82) is 0 Å². The lowest BCUT2D eigenvalue weighted by atomic mass is 10.0. The van der Waals surface area contributed by atoms with Crippen molar-refractivity contribution in [2.45, 2.75) is 25.1 Å². The molecule has 2 aromatic carbocycles. The lowest BCUT2D eigenvalue weighted by molar-refractivity contribution is -0.137. The number of benzene rings is 2. The number of hydrogen-bond donors (Lipinski definition) is 1. The van der Waals surface area contributed by atoms with Crippen LogP contribution in [0.2, 0.25) is 0 Å². The molecular formula is C23H22F3N5O3. The molecule has 1 N–H and O–H groups in total. The molecule has 5 rings (SSSR count). The minimum Gasteiger partial charge on any atom is -0.486 e. The normalized spacial score (nSPS) is 18.1. The van der Waals surface area contributed by atoms with Crippen molar-refractivity contribution in [3.63, 3.8) is 0 Å². The number of nitrogens with zero attached hydrogens (tertiary/aromatic N) is 4. The highest BCUT2D eigenvalue weighted by Gasteiger charge is 2.32. The van der Waals surface area contributed by atoms with Crippen LogP contribution in [0.5, 0.6) is 11.5 Å². The molecule has 1 atom stereocenters. The van der Waals surface area contributed by atoms with Gasteiger partial charge < -0.3 is 14.8 Å². The number of carbonyl (C=O) groups is 1. The van der Waals surface area contributed by atoms with E-state index in [1.165, 1.54) is 23.4 Å². The van der Waals surface area contributed by atoms with Gasteiger partial charge >= 0.3 is 6.18 Å². The Labute approximate surface area is 193 Å². The van der Waals surface area contributed by atoms with Crippen LogP contribution in [0.25, 0.3) is 5.69 Å². The minimum atomic E-state index is -4.54. The summed E-state index contributed by atoms with van der Waals surface area (Å²) < 4.78 is 52.4. The standard InChI is InChI=1S/C23H22F3N5O3/c24-23(25,26)16-4-5-19(31-14-27-13-28-31)17(11-16)29-22(32)12-30-7-1-2-18(30)15-3-6-20-21(10-15)34-9-8-33-20/h3-6,10-11,13-14,18H,1-2,7-9,12H2,(H,29,32)/t18-/m1/s1.